The third-order valence-electron chi connectivity index (χ3n) is 5.11. The molecule has 2 fully saturated rings. The van der Waals surface area contributed by atoms with E-state index in [0.717, 1.165) is 25.1 Å². The highest BCUT2D eigenvalue weighted by Crippen LogP contribution is 2.42. The Balaban J connectivity index is 1.60. The molecule has 2 aliphatic rings. The maximum Gasteiger partial charge on any atom is 0.410 e. The molecule has 3 rings (SSSR count). The lowest BCUT2D eigenvalue weighted by atomic mass is 9.73. The zero-order valence-electron chi connectivity index (χ0n) is 13.1. The lowest BCUT2D eigenvalue weighted by Gasteiger charge is -2.40. The van der Waals surface area contributed by atoms with E-state index in [1.165, 1.54) is 0 Å². The number of benzene rings is 1. The van der Waals surface area contributed by atoms with Gasteiger partial charge in [0, 0.05) is 25.0 Å². The highest BCUT2D eigenvalue weighted by atomic mass is 16.6. The predicted octanol–water partition coefficient (Wildman–Crippen LogP) is 1.57. The fourth-order valence-corrected chi connectivity index (χ4v) is 3.66. The second kappa shape index (κ2) is 6.26. The Morgan fingerprint density at radius 2 is 2.14 bits per heavy atom. The molecule has 0 spiro atoms. The molecule has 1 aromatic rings. The number of carbonyl (C=O) groups is 1. The average molecular weight is 304 g/mol. The van der Waals surface area contributed by atoms with Gasteiger partial charge in [-0.25, -0.2) is 4.79 Å². The van der Waals surface area contributed by atoms with E-state index < -0.39 is 0 Å². The number of aliphatic hydroxyl groups is 1. The van der Waals surface area contributed by atoms with Crippen molar-refractivity contribution in [2.75, 3.05) is 39.8 Å². The van der Waals surface area contributed by atoms with Gasteiger partial charge in [0.2, 0.25) is 0 Å². The number of aliphatic hydroxyl groups excluding tert-OH is 1. The SMILES string of the molecule is CN1CC[C@@]2(CO)CN(C(=O)OCc3ccccc3)C[C@H]2C1. The fraction of sp³-hybridized carbons (Fsp3) is 0.588. The van der Waals surface area contributed by atoms with E-state index in [2.05, 4.69) is 11.9 Å². The van der Waals surface area contributed by atoms with Crippen LogP contribution in [0.15, 0.2) is 30.3 Å². The Labute approximate surface area is 131 Å². The highest BCUT2D eigenvalue weighted by molar-refractivity contribution is 5.68. The van der Waals surface area contributed by atoms with E-state index in [-0.39, 0.29) is 18.1 Å². The van der Waals surface area contributed by atoms with Crippen LogP contribution in [0.25, 0.3) is 0 Å². The summed E-state index contributed by atoms with van der Waals surface area (Å²) in [6, 6.07) is 9.70. The van der Waals surface area contributed by atoms with Crippen LogP contribution in [0.2, 0.25) is 0 Å². The van der Waals surface area contributed by atoms with Crippen LogP contribution in [0.1, 0.15) is 12.0 Å². The van der Waals surface area contributed by atoms with Crippen LogP contribution in [-0.2, 0) is 11.3 Å². The molecule has 0 saturated carbocycles. The number of hydrogen-bond acceptors (Lipinski definition) is 4. The molecule has 0 unspecified atom stereocenters. The van der Waals surface area contributed by atoms with Crippen LogP contribution in [-0.4, -0.2) is 60.8 Å². The normalized spacial score (nSPS) is 28.5. The molecule has 2 saturated heterocycles. The van der Waals surface area contributed by atoms with Crippen molar-refractivity contribution in [1.82, 2.24) is 9.80 Å². The summed E-state index contributed by atoms with van der Waals surface area (Å²) in [6.45, 7) is 3.64. The fourth-order valence-electron chi connectivity index (χ4n) is 3.66. The lowest BCUT2D eigenvalue weighted by Crippen LogP contribution is -2.47. The molecule has 0 radical (unpaired) electrons. The van der Waals surface area contributed by atoms with Gasteiger partial charge >= 0.3 is 6.09 Å². The first-order chi connectivity index (χ1) is 10.6. The van der Waals surface area contributed by atoms with E-state index in [9.17, 15) is 9.90 Å². The summed E-state index contributed by atoms with van der Waals surface area (Å²) in [5.74, 6) is 0.334. The number of hydrogen-bond donors (Lipinski definition) is 1. The monoisotopic (exact) mass is 304 g/mol. The van der Waals surface area contributed by atoms with Crippen molar-refractivity contribution in [3.05, 3.63) is 35.9 Å². The molecule has 5 heteroatoms. The van der Waals surface area contributed by atoms with Crippen molar-refractivity contribution < 1.29 is 14.6 Å². The standard InChI is InChI=1S/C17H24N2O3/c1-18-8-7-17(13-20)12-19(10-15(17)9-18)16(21)22-11-14-5-3-2-4-6-14/h2-6,15,20H,7-13H2,1H3/t15-,17+/m1/s1. The summed E-state index contributed by atoms with van der Waals surface area (Å²) in [7, 11) is 2.09. The van der Waals surface area contributed by atoms with Crippen molar-refractivity contribution in [2.45, 2.75) is 13.0 Å². The molecule has 1 aromatic carbocycles. The molecular weight excluding hydrogens is 280 g/mol. The molecule has 0 bridgehead atoms. The topological polar surface area (TPSA) is 53.0 Å². The van der Waals surface area contributed by atoms with Crippen molar-refractivity contribution in [3.8, 4) is 0 Å². The molecule has 22 heavy (non-hydrogen) atoms. The third-order valence-corrected chi connectivity index (χ3v) is 5.11. The van der Waals surface area contributed by atoms with E-state index in [0.29, 0.717) is 25.6 Å². The van der Waals surface area contributed by atoms with Crippen LogP contribution >= 0.6 is 0 Å². The Hall–Kier alpha value is -1.59. The molecule has 2 aliphatic heterocycles. The molecule has 1 N–H and O–H groups in total. The second-order valence-corrected chi connectivity index (χ2v) is 6.65. The number of nitrogens with zero attached hydrogens (tertiary/aromatic N) is 2. The van der Waals surface area contributed by atoms with E-state index in [1.54, 1.807) is 4.90 Å². The summed E-state index contributed by atoms with van der Waals surface area (Å²) in [5, 5.41) is 9.85. The average Bonchev–Trinajstić information content (AvgIpc) is 2.93. The number of rotatable bonds is 3. The Morgan fingerprint density at radius 1 is 1.36 bits per heavy atom. The first kappa shape index (κ1) is 15.3. The van der Waals surface area contributed by atoms with Crippen molar-refractivity contribution in [1.29, 1.82) is 0 Å². The minimum atomic E-state index is -0.270. The number of amides is 1. The van der Waals surface area contributed by atoms with Crippen LogP contribution in [0.3, 0.4) is 0 Å². The minimum absolute atomic E-state index is 0.141. The quantitative estimate of drug-likeness (QED) is 0.921. The summed E-state index contributed by atoms with van der Waals surface area (Å²) in [5.41, 5.74) is 0.849. The molecule has 120 valence electrons. The third kappa shape index (κ3) is 2.96. The summed E-state index contributed by atoms with van der Waals surface area (Å²) >= 11 is 0. The van der Waals surface area contributed by atoms with Crippen molar-refractivity contribution in [2.24, 2.45) is 11.3 Å². The maximum absolute atomic E-state index is 12.3. The second-order valence-electron chi connectivity index (χ2n) is 6.65. The first-order valence-corrected chi connectivity index (χ1v) is 7.88. The number of piperidine rings is 1. The smallest absolute Gasteiger partial charge is 0.410 e. The van der Waals surface area contributed by atoms with E-state index >= 15 is 0 Å². The van der Waals surface area contributed by atoms with Gasteiger partial charge in [-0.3, -0.25) is 0 Å². The van der Waals surface area contributed by atoms with Gasteiger partial charge in [-0.2, -0.15) is 0 Å². The van der Waals surface area contributed by atoms with Crippen molar-refractivity contribution in [3.63, 3.8) is 0 Å². The minimum Gasteiger partial charge on any atom is -0.445 e. The summed E-state index contributed by atoms with van der Waals surface area (Å²) < 4.78 is 5.43. The van der Waals surface area contributed by atoms with Gasteiger partial charge in [-0.15, -0.1) is 0 Å². The molecule has 0 aromatic heterocycles. The van der Waals surface area contributed by atoms with Gasteiger partial charge in [0.1, 0.15) is 6.61 Å². The van der Waals surface area contributed by atoms with Crippen LogP contribution in [0.5, 0.6) is 0 Å². The van der Waals surface area contributed by atoms with Crippen molar-refractivity contribution >= 4 is 6.09 Å². The van der Waals surface area contributed by atoms with Crippen LogP contribution in [0, 0.1) is 11.3 Å². The van der Waals surface area contributed by atoms with Gasteiger partial charge in [-0.1, -0.05) is 30.3 Å². The summed E-state index contributed by atoms with van der Waals surface area (Å²) in [4.78, 5) is 16.4. The first-order valence-electron chi connectivity index (χ1n) is 7.88. The van der Waals surface area contributed by atoms with Gasteiger partial charge in [-0.05, 0) is 31.5 Å². The molecule has 1 amide bonds. The predicted molar refractivity (Wildman–Crippen MR) is 83.3 cm³/mol. The lowest BCUT2D eigenvalue weighted by molar-refractivity contribution is 0.0274. The van der Waals surface area contributed by atoms with Crippen LogP contribution in [0.4, 0.5) is 4.79 Å². The summed E-state index contributed by atoms with van der Waals surface area (Å²) in [6.07, 6.45) is 0.668. The Bertz CT molecular complexity index is 522. The zero-order chi connectivity index (χ0) is 15.6. The maximum atomic E-state index is 12.3. The molecule has 5 nitrogen and oxygen atoms in total. The Morgan fingerprint density at radius 3 is 2.86 bits per heavy atom. The number of likely N-dealkylation sites (tertiary alicyclic amines) is 2. The molecule has 2 heterocycles. The van der Waals surface area contributed by atoms with E-state index in [1.807, 2.05) is 30.3 Å². The zero-order valence-corrected chi connectivity index (χ0v) is 13.1. The Kier molecular flexibility index (Phi) is 4.36. The van der Waals surface area contributed by atoms with E-state index in [4.69, 9.17) is 4.74 Å². The number of ether oxygens (including phenoxy) is 1. The number of carbonyl (C=O) groups excluding carboxylic acids is 1. The molecule has 0 aliphatic carbocycles. The number of fused-ring (bicyclic) bond motifs is 1. The van der Waals surface area contributed by atoms with Gasteiger partial charge in [0.05, 0.1) is 6.61 Å². The van der Waals surface area contributed by atoms with Gasteiger partial charge in [0.15, 0.2) is 0 Å². The molecular formula is C17H24N2O3. The highest BCUT2D eigenvalue weighted by Gasteiger charge is 2.50. The van der Waals surface area contributed by atoms with Gasteiger partial charge < -0.3 is 19.6 Å². The van der Waals surface area contributed by atoms with Gasteiger partial charge in [0.25, 0.3) is 0 Å². The van der Waals surface area contributed by atoms with Crippen LogP contribution < -0.4 is 0 Å². The largest absolute Gasteiger partial charge is 0.445 e. The molecule has 2 atom stereocenters.